The summed E-state index contributed by atoms with van der Waals surface area (Å²) in [5, 5.41) is 0. The van der Waals surface area contributed by atoms with Gasteiger partial charge in [-0.25, -0.2) is 9.98 Å². The first-order valence-corrected chi connectivity index (χ1v) is 12.5. The first-order chi connectivity index (χ1) is 18.5. The summed E-state index contributed by atoms with van der Waals surface area (Å²) < 4.78 is 0. The van der Waals surface area contributed by atoms with Gasteiger partial charge in [-0.15, -0.1) is 0 Å². The number of carbonyl (C=O) groups is 2. The zero-order valence-corrected chi connectivity index (χ0v) is 21.1. The van der Waals surface area contributed by atoms with Crippen molar-refractivity contribution in [3.63, 3.8) is 0 Å². The second kappa shape index (κ2) is 9.49. The predicted octanol–water partition coefficient (Wildman–Crippen LogP) is 7.49. The smallest absolute Gasteiger partial charge is 0.194 e. The van der Waals surface area contributed by atoms with E-state index in [1.807, 2.05) is 98.8 Å². The molecule has 0 saturated carbocycles. The molecule has 0 atom stereocenters. The van der Waals surface area contributed by atoms with Crippen LogP contribution in [0.15, 0.2) is 130 Å². The SMILES string of the molecule is Cc1ccc(N=C2C=C(C3=CC(=Nc4ccc(C)cc4)c4ccccc4C3=O)C(=O)c3ccccc32)cc1. The lowest BCUT2D eigenvalue weighted by Gasteiger charge is -2.23. The number of benzene rings is 4. The molecule has 4 aromatic carbocycles. The monoisotopic (exact) mass is 492 g/mol. The average Bonchev–Trinajstić information content (AvgIpc) is 2.94. The number of allylic oxidation sites excluding steroid dienone is 4. The molecule has 0 spiro atoms. The first-order valence-electron chi connectivity index (χ1n) is 12.5. The van der Waals surface area contributed by atoms with Gasteiger partial charge in [-0.05, 0) is 50.3 Å². The first kappa shape index (κ1) is 23.4. The highest BCUT2D eigenvalue weighted by atomic mass is 16.1. The topological polar surface area (TPSA) is 58.9 Å². The Labute approximate surface area is 221 Å². The van der Waals surface area contributed by atoms with E-state index in [1.165, 1.54) is 0 Å². The van der Waals surface area contributed by atoms with Crippen LogP contribution in [-0.2, 0) is 0 Å². The molecule has 4 nitrogen and oxygen atoms in total. The van der Waals surface area contributed by atoms with E-state index >= 15 is 0 Å². The Morgan fingerprint density at radius 1 is 0.447 bits per heavy atom. The Hall–Kier alpha value is -4.96. The molecule has 0 unspecified atom stereocenters. The van der Waals surface area contributed by atoms with E-state index < -0.39 is 0 Å². The number of Topliss-reactive ketones (excluding diaryl/α,β-unsaturated/α-hetero) is 2. The zero-order chi connectivity index (χ0) is 26.2. The number of ketones is 2. The molecular formula is C34H24N2O2. The van der Waals surface area contributed by atoms with Gasteiger partial charge in [0.1, 0.15) is 0 Å². The third-order valence-corrected chi connectivity index (χ3v) is 6.80. The maximum atomic E-state index is 13.8. The highest BCUT2D eigenvalue weighted by Crippen LogP contribution is 2.33. The van der Waals surface area contributed by atoms with Crippen LogP contribution < -0.4 is 0 Å². The summed E-state index contributed by atoms with van der Waals surface area (Å²) in [4.78, 5) is 37.3. The molecule has 2 aliphatic carbocycles. The van der Waals surface area contributed by atoms with E-state index in [1.54, 1.807) is 24.3 Å². The van der Waals surface area contributed by atoms with Crippen LogP contribution in [0.1, 0.15) is 43.0 Å². The minimum absolute atomic E-state index is 0.197. The summed E-state index contributed by atoms with van der Waals surface area (Å²) in [5.41, 5.74) is 8.33. The summed E-state index contributed by atoms with van der Waals surface area (Å²) in [6, 6.07) is 30.6. The standard InChI is InChI=1S/C34H24N2O2/c1-21-11-15-23(16-12-21)35-31-19-29(33(37)27-9-5-3-7-25(27)31)30-20-32(36-24-17-13-22(2)14-18-24)26-8-4-6-10-28(26)34(30)38/h3-20H,1-2H3. The van der Waals surface area contributed by atoms with Crippen molar-refractivity contribution in [2.24, 2.45) is 9.98 Å². The Bertz CT molecular complexity index is 1600. The van der Waals surface area contributed by atoms with Crippen LogP contribution in [0, 0.1) is 13.8 Å². The van der Waals surface area contributed by atoms with Crippen molar-refractivity contribution in [1.82, 2.24) is 0 Å². The van der Waals surface area contributed by atoms with Crippen LogP contribution in [-0.4, -0.2) is 23.0 Å². The van der Waals surface area contributed by atoms with Gasteiger partial charge in [0.25, 0.3) is 0 Å². The summed E-state index contributed by atoms with van der Waals surface area (Å²) in [6.45, 7) is 4.05. The van der Waals surface area contributed by atoms with E-state index in [0.717, 1.165) is 33.6 Å². The van der Waals surface area contributed by atoms with E-state index in [2.05, 4.69) is 0 Å². The van der Waals surface area contributed by atoms with E-state index in [9.17, 15) is 9.59 Å². The molecule has 38 heavy (non-hydrogen) atoms. The molecule has 0 aromatic heterocycles. The van der Waals surface area contributed by atoms with Gasteiger partial charge in [-0.2, -0.15) is 0 Å². The number of hydrogen-bond donors (Lipinski definition) is 0. The fraction of sp³-hybridized carbons (Fsp3) is 0.0588. The van der Waals surface area contributed by atoms with Crippen LogP contribution in [0.2, 0.25) is 0 Å². The second-order valence-corrected chi connectivity index (χ2v) is 9.53. The van der Waals surface area contributed by atoms with Crippen molar-refractivity contribution < 1.29 is 9.59 Å². The van der Waals surface area contributed by atoms with Crippen molar-refractivity contribution in [1.29, 1.82) is 0 Å². The fourth-order valence-corrected chi connectivity index (χ4v) is 4.76. The normalized spacial score (nSPS) is 16.7. The lowest BCUT2D eigenvalue weighted by molar-refractivity contribution is 0.0996. The molecule has 0 bridgehead atoms. The van der Waals surface area contributed by atoms with Gasteiger partial charge in [-0.3, -0.25) is 9.59 Å². The molecule has 0 N–H and O–H groups in total. The maximum absolute atomic E-state index is 13.8. The number of carbonyl (C=O) groups excluding carboxylic acids is 2. The molecule has 4 aromatic rings. The maximum Gasteiger partial charge on any atom is 0.194 e. The van der Waals surface area contributed by atoms with Crippen molar-refractivity contribution in [3.05, 3.63) is 154 Å². The molecule has 0 aliphatic heterocycles. The molecule has 2 aliphatic rings. The molecule has 0 saturated heterocycles. The molecule has 0 heterocycles. The number of rotatable bonds is 3. The number of hydrogen-bond acceptors (Lipinski definition) is 4. The Morgan fingerprint density at radius 2 is 0.789 bits per heavy atom. The molecule has 0 amide bonds. The third-order valence-electron chi connectivity index (χ3n) is 6.80. The van der Waals surface area contributed by atoms with Crippen LogP contribution in [0.25, 0.3) is 0 Å². The summed E-state index contributed by atoms with van der Waals surface area (Å²) in [5.74, 6) is -0.394. The van der Waals surface area contributed by atoms with Gasteiger partial charge in [0.2, 0.25) is 0 Å². The highest BCUT2D eigenvalue weighted by Gasteiger charge is 2.33. The quantitative estimate of drug-likeness (QED) is 0.297. The minimum Gasteiger partial charge on any atom is -0.289 e. The van der Waals surface area contributed by atoms with Crippen LogP contribution in [0.4, 0.5) is 11.4 Å². The second-order valence-electron chi connectivity index (χ2n) is 9.53. The fourth-order valence-electron chi connectivity index (χ4n) is 4.76. The molecule has 182 valence electrons. The lowest BCUT2D eigenvalue weighted by atomic mass is 9.79. The van der Waals surface area contributed by atoms with Gasteiger partial charge in [0.15, 0.2) is 11.6 Å². The van der Waals surface area contributed by atoms with Gasteiger partial charge in [-0.1, -0.05) is 83.9 Å². The number of aliphatic imine (C=N–C) groups is 2. The van der Waals surface area contributed by atoms with Crippen LogP contribution in [0.5, 0.6) is 0 Å². The van der Waals surface area contributed by atoms with Gasteiger partial charge in [0, 0.05) is 33.4 Å². The van der Waals surface area contributed by atoms with Gasteiger partial charge >= 0.3 is 0 Å². The van der Waals surface area contributed by atoms with Crippen molar-refractivity contribution in [3.8, 4) is 0 Å². The Kier molecular flexibility index (Phi) is 5.85. The summed E-state index contributed by atoms with van der Waals surface area (Å²) >= 11 is 0. The number of fused-ring (bicyclic) bond motifs is 2. The summed E-state index contributed by atoms with van der Waals surface area (Å²) in [6.07, 6.45) is 3.48. The van der Waals surface area contributed by atoms with Crippen molar-refractivity contribution in [2.45, 2.75) is 13.8 Å². The van der Waals surface area contributed by atoms with E-state index in [4.69, 9.17) is 9.98 Å². The largest absolute Gasteiger partial charge is 0.289 e. The van der Waals surface area contributed by atoms with Crippen molar-refractivity contribution >= 4 is 34.4 Å². The Morgan fingerprint density at radius 3 is 1.16 bits per heavy atom. The molecule has 4 heteroatoms. The Balaban J connectivity index is 1.53. The number of aryl methyl sites for hydroxylation is 2. The molecule has 0 fully saturated rings. The van der Waals surface area contributed by atoms with E-state index in [0.29, 0.717) is 33.7 Å². The molecule has 0 radical (unpaired) electrons. The average molecular weight is 493 g/mol. The van der Waals surface area contributed by atoms with Crippen molar-refractivity contribution in [2.75, 3.05) is 0 Å². The molecular weight excluding hydrogens is 468 g/mol. The van der Waals surface area contributed by atoms with E-state index in [-0.39, 0.29) is 11.6 Å². The van der Waals surface area contributed by atoms with Gasteiger partial charge < -0.3 is 0 Å². The van der Waals surface area contributed by atoms with Crippen LogP contribution in [0.3, 0.4) is 0 Å². The highest BCUT2D eigenvalue weighted by molar-refractivity contribution is 6.36. The minimum atomic E-state index is -0.197. The third kappa shape index (κ3) is 4.27. The van der Waals surface area contributed by atoms with Gasteiger partial charge in [0.05, 0.1) is 22.8 Å². The molecule has 6 rings (SSSR count). The van der Waals surface area contributed by atoms with Crippen LogP contribution >= 0.6 is 0 Å². The zero-order valence-electron chi connectivity index (χ0n) is 21.1. The predicted molar refractivity (Wildman–Crippen MR) is 152 cm³/mol. The summed E-state index contributed by atoms with van der Waals surface area (Å²) in [7, 11) is 0. The lowest BCUT2D eigenvalue weighted by Crippen LogP contribution is -2.25. The number of nitrogens with zero attached hydrogens (tertiary/aromatic N) is 2.